The molecule has 0 spiro atoms. The number of benzene rings is 1. The van der Waals surface area contributed by atoms with Crippen LogP contribution in [0.1, 0.15) is 18.2 Å². The van der Waals surface area contributed by atoms with Crippen LogP contribution in [-0.4, -0.2) is 0 Å². The predicted octanol–water partition coefficient (Wildman–Crippen LogP) is 2.45. The van der Waals surface area contributed by atoms with Gasteiger partial charge in [0.1, 0.15) is 11.3 Å². The van der Waals surface area contributed by atoms with Gasteiger partial charge in [-0.1, -0.05) is 13.0 Å². The molecule has 0 aliphatic rings. The van der Waals surface area contributed by atoms with E-state index in [9.17, 15) is 0 Å². The minimum absolute atomic E-state index is 0.468. The summed E-state index contributed by atoms with van der Waals surface area (Å²) < 4.78 is 5.49. The van der Waals surface area contributed by atoms with Crippen LogP contribution >= 0.6 is 0 Å². The van der Waals surface area contributed by atoms with Crippen LogP contribution in [0.4, 0.5) is 0 Å². The summed E-state index contributed by atoms with van der Waals surface area (Å²) in [5.41, 5.74) is 7.75. The predicted molar refractivity (Wildman–Crippen MR) is 53.5 cm³/mol. The molecule has 1 heterocycles. The SMILES string of the molecule is CCc1ccc2oc(CN)cc2c1. The Hall–Kier alpha value is -1.28. The molecule has 0 fully saturated rings. The summed E-state index contributed by atoms with van der Waals surface area (Å²) in [7, 11) is 0. The van der Waals surface area contributed by atoms with E-state index in [-0.39, 0.29) is 0 Å². The minimum Gasteiger partial charge on any atom is -0.460 e. The zero-order valence-electron chi connectivity index (χ0n) is 7.71. The molecule has 0 aliphatic carbocycles. The second-order valence-corrected chi connectivity index (χ2v) is 3.14. The number of fused-ring (bicyclic) bond motifs is 1. The van der Waals surface area contributed by atoms with E-state index in [4.69, 9.17) is 10.2 Å². The van der Waals surface area contributed by atoms with Crippen molar-refractivity contribution < 1.29 is 4.42 Å². The van der Waals surface area contributed by atoms with Crippen molar-refractivity contribution in [3.8, 4) is 0 Å². The lowest BCUT2D eigenvalue weighted by atomic mass is 10.1. The first kappa shape index (κ1) is 8.32. The van der Waals surface area contributed by atoms with Crippen molar-refractivity contribution in [3.05, 3.63) is 35.6 Å². The van der Waals surface area contributed by atoms with E-state index in [2.05, 4.69) is 19.1 Å². The lowest BCUT2D eigenvalue weighted by Gasteiger charge is -1.93. The molecule has 0 amide bonds. The molecule has 0 unspecified atom stereocenters. The molecule has 0 atom stereocenters. The third-order valence-electron chi connectivity index (χ3n) is 2.24. The zero-order valence-corrected chi connectivity index (χ0v) is 7.71. The minimum atomic E-state index is 0.468. The highest BCUT2D eigenvalue weighted by atomic mass is 16.3. The molecule has 0 bridgehead atoms. The van der Waals surface area contributed by atoms with Crippen molar-refractivity contribution in [1.29, 1.82) is 0 Å². The highest BCUT2D eigenvalue weighted by Gasteiger charge is 2.01. The third-order valence-corrected chi connectivity index (χ3v) is 2.24. The quantitative estimate of drug-likeness (QED) is 0.761. The zero-order chi connectivity index (χ0) is 9.26. The first-order valence-electron chi connectivity index (χ1n) is 4.55. The average molecular weight is 175 g/mol. The molecule has 68 valence electrons. The van der Waals surface area contributed by atoms with Gasteiger partial charge in [-0.05, 0) is 30.2 Å². The first-order chi connectivity index (χ1) is 6.33. The van der Waals surface area contributed by atoms with Crippen LogP contribution in [0, 0.1) is 0 Å². The summed E-state index contributed by atoms with van der Waals surface area (Å²) in [4.78, 5) is 0. The maximum absolute atomic E-state index is 5.49. The summed E-state index contributed by atoms with van der Waals surface area (Å²) in [6.07, 6.45) is 1.05. The number of hydrogen-bond acceptors (Lipinski definition) is 2. The van der Waals surface area contributed by atoms with Crippen molar-refractivity contribution in [1.82, 2.24) is 0 Å². The van der Waals surface area contributed by atoms with E-state index in [0.717, 1.165) is 23.2 Å². The molecule has 1 aromatic carbocycles. The number of hydrogen-bond donors (Lipinski definition) is 1. The molecule has 1 aromatic heterocycles. The molecule has 2 aromatic rings. The number of nitrogens with two attached hydrogens (primary N) is 1. The molecular weight excluding hydrogens is 162 g/mol. The van der Waals surface area contributed by atoms with Crippen LogP contribution in [0.15, 0.2) is 28.7 Å². The van der Waals surface area contributed by atoms with E-state index in [1.54, 1.807) is 0 Å². The van der Waals surface area contributed by atoms with Crippen LogP contribution in [0.2, 0.25) is 0 Å². The molecule has 0 radical (unpaired) electrons. The second-order valence-electron chi connectivity index (χ2n) is 3.14. The van der Waals surface area contributed by atoms with Crippen LogP contribution in [-0.2, 0) is 13.0 Å². The Labute approximate surface area is 77.3 Å². The van der Waals surface area contributed by atoms with Gasteiger partial charge < -0.3 is 10.2 Å². The van der Waals surface area contributed by atoms with Gasteiger partial charge in [-0.25, -0.2) is 0 Å². The summed E-state index contributed by atoms with van der Waals surface area (Å²) in [6.45, 7) is 2.61. The number of furan rings is 1. The number of rotatable bonds is 2. The van der Waals surface area contributed by atoms with Crippen molar-refractivity contribution in [3.63, 3.8) is 0 Å². The fourth-order valence-corrected chi connectivity index (χ4v) is 1.47. The van der Waals surface area contributed by atoms with Crippen LogP contribution in [0.5, 0.6) is 0 Å². The van der Waals surface area contributed by atoms with Gasteiger partial charge in [-0.2, -0.15) is 0 Å². The van der Waals surface area contributed by atoms with Gasteiger partial charge >= 0.3 is 0 Å². The average Bonchev–Trinajstić information content (AvgIpc) is 2.58. The summed E-state index contributed by atoms with van der Waals surface area (Å²) >= 11 is 0. The Morgan fingerprint density at radius 2 is 2.15 bits per heavy atom. The van der Waals surface area contributed by atoms with E-state index >= 15 is 0 Å². The van der Waals surface area contributed by atoms with Crippen LogP contribution in [0.25, 0.3) is 11.0 Å². The van der Waals surface area contributed by atoms with E-state index in [1.807, 2.05) is 12.1 Å². The van der Waals surface area contributed by atoms with Gasteiger partial charge in [0.2, 0.25) is 0 Å². The molecule has 2 rings (SSSR count). The van der Waals surface area contributed by atoms with Gasteiger partial charge in [0.25, 0.3) is 0 Å². The molecule has 2 nitrogen and oxygen atoms in total. The topological polar surface area (TPSA) is 39.2 Å². The van der Waals surface area contributed by atoms with Gasteiger partial charge in [0.05, 0.1) is 6.54 Å². The molecule has 0 saturated carbocycles. The first-order valence-corrected chi connectivity index (χ1v) is 4.55. The maximum atomic E-state index is 5.49. The van der Waals surface area contributed by atoms with Crippen molar-refractivity contribution in [2.75, 3.05) is 0 Å². The van der Waals surface area contributed by atoms with E-state index in [1.165, 1.54) is 5.56 Å². The smallest absolute Gasteiger partial charge is 0.134 e. The summed E-state index contributed by atoms with van der Waals surface area (Å²) in [5, 5.41) is 1.15. The summed E-state index contributed by atoms with van der Waals surface area (Å²) in [5.74, 6) is 0.850. The molecule has 13 heavy (non-hydrogen) atoms. The Morgan fingerprint density at radius 1 is 1.31 bits per heavy atom. The van der Waals surface area contributed by atoms with Crippen molar-refractivity contribution >= 4 is 11.0 Å². The fraction of sp³-hybridized carbons (Fsp3) is 0.273. The Bertz CT molecular complexity index is 415. The highest BCUT2D eigenvalue weighted by molar-refractivity contribution is 5.78. The van der Waals surface area contributed by atoms with Crippen molar-refractivity contribution in [2.45, 2.75) is 19.9 Å². The lowest BCUT2D eigenvalue weighted by molar-refractivity contribution is 0.552. The van der Waals surface area contributed by atoms with Gasteiger partial charge in [-0.3, -0.25) is 0 Å². The van der Waals surface area contributed by atoms with Gasteiger partial charge in [0.15, 0.2) is 0 Å². The van der Waals surface area contributed by atoms with Gasteiger partial charge in [-0.15, -0.1) is 0 Å². The highest BCUT2D eigenvalue weighted by Crippen LogP contribution is 2.20. The van der Waals surface area contributed by atoms with Crippen LogP contribution < -0.4 is 5.73 Å². The standard InChI is InChI=1S/C11H13NO/c1-2-8-3-4-11-9(5-8)6-10(7-12)13-11/h3-6H,2,7,12H2,1H3. The van der Waals surface area contributed by atoms with Crippen molar-refractivity contribution in [2.24, 2.45) is 5.73 Å². The Morgan fingerprint density at radius 3 is 2.85 bits per heavy atom. The summed E-state index contributed by atoms with van der Waals surface area (Å²) in [6, 6.07) is 8.26. The molecule has 2 heteroatoms. The molecule has 0 aliphatic heterocycles. The Kier molecular flexibility index (Phi) is 2.07. The molecule has 0 saturated heterocycles. The third kappa shape index (κ3) is 1.45. The maximum Gasteiger partial charge on any atom is 0.134 e. The van der Waals surface area contributed by atoms with E-state index in [0.29, 0.717) is 6.54 Å². The normalized spacial score (nSPS) is 10.9. The Balaban J connectivity index is 2.57. The number of aryl methyl sites for hydroxylation is 1. The largest absolute Gasteiger partial charge is 0.460 e. The molecule has 2 N–H and O–H groups in total. The van der Waals surface area contributed by atoms with E-state index < -0.39 is 0 Å². The fourth-order valence-electron chi connectivity index (χ4n) is 1.47. The van der Waals surface area contributed by atoms with Gasteiger partial charge in [0, 0.05) is 5.39 Å². The second kappa shape index (κ2) is 3.23. The lowest BCUT2D eigenvalue weighted by Crippen LogP contribution is -1.92. The van der Waals surface area contributed by atoms with Crippen LogP contribution in [0.3, 0.4) is 0 Å². The monoisotopic (exact) mass is 175 g/mol. The molecular formula is C11H13NO.